The topological polar surface area (TPSA) is 294 Å². The highest BCUT2D eigenvalue weighted by Crippen LogP contribution is 2.60. The Morgan fingerprint density at radius 2 is 1.67 bits per heavy atom. The van der Waals surface area contributed by atoms with Crippen LogP contribution in [0.25, 0.3) is 0 Å². The lowest BCUT2D eigenvalue weighted by molar-refractivity contribution is -0.517. The van der Waals surface area contributed by atoms with Crippen molar-refractivity contribution >= 4 is 45.3 Å². The fraction of sp³-hybridized carbons (Fsp3) is 0.706. The molecule has 0 aromatic rings. The second-order valence-corrected chi connectivity index (χ2v) is 11.5. The van der Waals surface area contributed by atoms with Gasteiger partial charge in [-0.1, -0.05) is 0 Å². The first-order valence-electron chi connectivity index (χ1n) is 11.1. The van der Waals surface area contributed by atoms with Gasteiger partial charge in [-0.3, -0.25) is 13.8 Å². The summed E-state index contributed by atoms with van der Waals surface area (Å²) in [5, 5.41) is 40.5. The van der Waals surface area contributed by atoms with Crippen LogP contribution in [0.1, 0.15) is 6.92 Å². The summed E-state index contributed by atoms with van der Waals surface area (Å²) < 4.78 is 54.2. The molecule has 4 aliphatic rings. The van der Waals surface area contributed by atoms with Crippen LogP contribution in [0.3, 0.4) is 0 Å². The Balaban J connectivity index is 1.29. The normalized spacial score (nSPS) is 37.2. The average Bonchev–Trinajstić information content (AvgIpc) is 3.47. The number of hydrogen-bond donors (Lipinski definition) is 7. The number of nitrogens with two attached hydrogens (primary N) is 1. The van der Waals surface area contributed by atoms with Gasteiger partial charge in [0.05, 0.1) is 13.2 Å². The molecule has 0 amide bonds. The van der Waals surface area contributed by atoms with Crippen LogP contribution in [-0.2, 0) is 41.5 Å². The van der Waals surface area contributed by atoms with E-state index in [-0.39, 0.29) is 24.1 Å². The highest BCUT2D eigenvalue weighted by Gasteiger charge is 2.51. The highest BCUT2D eigenvalue weighted by atomic mass is 31.3. The van der Waals surface area contributed by atoms with Gasteiger partial charge < -0.3 is 50.2 Å². The summed E-state index contributed by atoms with van der Waals surface area (Å²) in [7, 11) is -10.7. The van der Waals surface area contributed by atoms with E-state index in [9.17, 15) is 44.1 Å². The fourth-order valence-electron chi connectivity index (χ4n) is 3.92. The van der Waals surface area contributed by atoms with Crippen molar-refractivity contribution in [1.29, 1.82) is 0 Å². The molecule has 0 aliphatic carbocycles. The molecule has 4 aliphatic heterocycles. The molecule has 4 heterocycles. The van der Waals surface area contributed by atoms with Crippen molar-refractivity contribution in [2.75, 3.05) is 19.9 Å². The van der Waals surface area contributed by atoms with Gasteiger partial charge in [-0.25, -0.2) is 18.7 Å². The predicted octanol–water partition coefficient (Wildman–Crippen LogP) is -4.08. The van der Waals surface area contributed by atoms with Crippen molar-refractivity contribution in [3.05, 3.63) is 0 Å². The zero-order chi connectivity index (χ0) is 28.7. The SMILES string of the molecule is CC(=O)O[C@@H]1[C@H](O)[C@@H](COP(=O)(O)OP(=O)(O)OC[C@H]2O[C@@H]([N+]3=CN=C4C(N)=NCN=C43)[C@H](O)[C@@H]2O)O[C@@H]1O. The summed E-state index contributed by atoms with van der Waals surface area (Å²) in [6.45, 7) is -0.811. The van der Waals surface area contributed by atoms with E-state index in [0.717, 1.165) is 6.92 Å². The van der Waals surface area contributed by atoms with Crippen LogP contribution in [0.15, 0.2) is 15.0 Å². The molecule has 0 radical (unpaired) electrons. The quantitative estimate of drug-likeness (QED) is 0.0710. The van der Waals surface area contributed by atoms with Gasteiger partial charge in [0, 0.05) is 6.92 Å². The summed E-state index contributed by atoms with van der Waals surface area (Å²) in [5.74, 6) is -0.514. The summed E-state index contributed by atoms with van der Waals surface area (Å²) in [4.78, 5) is 42.8. The summed E-state index contributed by atoms with van der Waals surface area (Å²) in [6, 6.07) is 0. The van der Waals surface area contributed by atoms with E-state index in [0.29, 0.717) is 0 Å². The molecule has 0 aromatic heterocycles. The molecule has 2 saturated heterocycles. The second kappa shape index (κ2) is 11.5. The standard InChI is InChI=1S/C17H25N5O15P2/c1-6(23)34-13-11(25)8(36-17(13)27)3-33-39(30,31)37-38(28,29)32-2-7-10(24)12(26)16(35-7)22-5-21-9-14(18)19-4-20-15(9)22/h5,7-8,10-13,16-17,24-27H,2-4H2,1H3,(H3-,18,19,28,29,30,31)/p+1/t7-,8-,10-,11-,12-,13-,16-,17+/m1/s1. The van der Waals surface area contributed by atoms with Crippen molar-refractivity contribution in [2.24, 2.45) is 20.7 Å². The van der Waals surface area contributed by atoms with Crippen LogP contribution in [0, 0.1) is 0 Å². The highest BCUT2D eigenvalue weighted by molar-refractivity contribution is 7.61. The van der Waals surface area contributed by atoms with Crippen LogP contribution in [-0.4, -0.2) is 134 Å². The van der Waals surface area contributed by atoms with E-state index >= 15 is 0 Å². The maximum Gasteiger partial charge on any atom is 0.481 e. The molecule has 10 atom stereocenters. The van der Waals surface area contributed by atoms with Crippen molar-refractivity contribution in [3.8, 4) is 0 Å². The molecule has 20 nitrogen and oxygen atoms in total. The molecular formula is C17H26N5O15P2+. The molecule has 39 heavy (non-hydrogen) atoms. The minimum atomic E-state index is -5.34. The van der Waals surface area contributed by atoms with E-state index in [1.165, 1.54) is 10.9 Å². The van der Waals surface area contributed by atoms with Crippen molar-refractivity contribution < 1.29 is 76.3 Å². The molecule has 2 fully saturated rings. The number of aliphatic hydroxyl groups excluding tert-OH is 4. The third-order valence-corrected chi connectivity index (χ3v) is 8.31. The number of nitrogens with zero attached hydrogens (tertiary/aromatic N) is 4. The number of fused-ring (bicyclic) bond motifs is 1. The number of carbonyl (C=O) groups excluding carboxylic acids is 1. The summed E-state index contributed by atoms with van der Waals surface area (Å²) in [6.07, 6.45) is -11.1. The summed E-state index contributed by atoms with van der Waals surface area (Å²) in [5.41, 5.74) is 5.98. The number of rotatable bonds is 10. The minimum absolute atomic E-state index is 0.00402. The molecule has 0 spiro atoms. The van der Waals surface area contributed by atoms with Crippen LogP contribution >= 0.6 is 15.6 Å². The van der Waals surface area contributed by atoms with Gasteiger partial charge in [0.1, 0.15) is 30.5 Å². The third kappa shape index (κ3) is 6.66. The number of ether oxygens (including phenoxy) is 3. The lowest BCUT2D eigenvalue weighted by atomic mass is 10.1. The lowest BCUT2D eigenvalue weighted by Gasteiger charge is -2.20. The monoisotopic (exact) mass is 602 g/mol. The Labute approximate surface area is 218 Å². The van der Waals surface area contributed by atoms with E-state index in [4.69, 9.17) is 15.2 Å². The Morgan fingerprint density at radius 3 is 2.28 bits per heavy atom. The van der Waals surface area contributed by atoms with Gasteiger partial charge in [-0.15, -0.1) is 9.98 Å². The van der Waals surface area contributed by atoms with E-state index in [1.807, 2.05) is 0 Å². The number of carbonyl (C=O) groups is 1. The van der Waals surface area contributed by atoms with Crippen molar-refractivity contribution in [2.45, 2.75) is 56.1 Å². The Morgan fingerprint density at radius 1 is 1.05 bits per heavy atom. The largest absolute Gasteiger partial charge is 0.481 e. The van der Waals surface area contributed by atoms with Crippen LogP contribution in [0.4, 0.5) is 0 Å². The predicted molar refractivity (Wildman–Crippen MR) is 123 cm³/mol. The average molecular weight is 602 g/mol. The van der Waals surface area contributed by atoms with E-state index < -0.39 is 84.0 Å². The van der Waals surface area contributed by atoms with Crippen LogP contribution in [0.5, 0.6) is 0 Å². The molecule has 218 valence electrons. The number of phosphoric ester groups is 2. The molecule has 0 aromatic carbocycles. The van der Waals surface area contributed by atoms with Gasteiger partial charge in [0.15, 0.2) is 24.9 Å². The Bertz CT molecular complexity index is 1210. The van der Waals surface area contributed by atoms with E-state index in [2.05, 4.69) is 33.1 Å². The molecule has 2 unspecified atom stereocenters. The molecule has 8 N–H and O–H groups in total. The Kier molecular flexibility index (Phi) is 8.79. The zero-order valence-corrected chi connectivity index (χ0v) is 21.7. The number of aliphatic hydroxyl groups is 4. The smallest absolute Gasteiger partial charge is 0.454 e. The van der Waals surface area contributed by atoms with Gasteiger partial charge >= 0.3 is 27.5 Å². The Hall–Kier alpha value is -2.03. The molecular weight excluding hydrogens is 576 g/mol. The van der Waals surface area contributed by atoms with Gasteiger partial charge in [-0.05, 0) is 0 Å². The molecule has 0 saturated carbocycles. The first-order chi connectivity index (χ1) is 18.2. The van der Waals surface area contributed by atoms with Crippen molar-refractivity contribution in [3.63, 3.8) is 0 Å². The van der Waals surface area contributed by atoms with E-state index in [1.54, 1.807) is 0 Å². The molecule has 0 bridgehead atoms. The minimum Gasteiger partial charge on any atom is -0.454 e. The number of phosphoric acid groups is 2. The molecule has 4 rings (SSSR count). The first-order valence-corrected chi connectivity index (χ1v) is 14.1. The fourth-order valence-corrected chi connectivity index (χ4v) is 6.01. The van der Waals surface area contributed by atoms with Crippen molar-refractivity contribution in [1.82, 2.24) is 0 Å². The maximum absolute atomic E-state index is 12.3. The summed E-state index contributed by atoms with van der Waals surface area (Å²) >= 11 is 0. The third-order valence-electron chi connectivity index (χ3n) is 5.71. The van der Waals surface area contributed by atoms with Gasteiger partial charge in [0.25, 0.3) is 5.71 Å². The number of esters is 1. The van der Waals surface area contributed by atoms with Gasteiger partial charge in [-0.2, -0.15) is 4.31 Å². The lowest BCUT2D eigenvalue weighted by Crippen LogP contribution is -2.45. The number of amidine groups is 2. The zero-order valence-electron chi connectivity index (χ0n) is 19.9. The maximum atomic E-state index is 12.3. The van der Waals surface area contributed by atoms with Crippen LogP contribution in [0.2, 0.25) is 0 Å². The number of aliphatic imine (C=N–C) groups is 3. The number of hydrogen-bond acceptors (Lipinski definition) is 17. The first kappa shape index (κ1) is 29.9. The van der Waals surface area contributed by atoms with Gasteiger partial charge in [0.2, 0.25) is 12.6 Å². The molecule has 22 heteroatoms. The second-order valence-electron chi connectivity index (χ2n) is 8.45. The van der Waals surface area contributed by atoms with Crippen LogP contribution < -0.4 is 5.73 Å².